The van der Waals surface area contributed by atoms with Crippen molar-refractivity contribution in [3.05, 3.63) is 17.5 Å². The van der Waals surface area contributed by atoms with Crippen LogP contribution in [0.3, 0.4) is 0 Å². The minimum Gasteiger partial charge on any atom is -0.368 e. The molecule has 0 saturated heterocycles. The fourth-order valence-corrected chi connectivity index (χ4v) is 1.05. The van der Waals surface area contributed by atoms with Gasteiger partial charge in [-0.3, -0.25) is 0 Å². The van der Waals surface area contributed by atoms with Crippen LogP contribution in [0.15, 0.2) is 6.20 Å². The third-order valence-corrected chi connectivity index (χ3v) is 1.64. The number of hydrogen-bond acceptors (Lipinski definition) is 4. The summed E-state index contributed by atoms with van der Waals surface area (Å²) >= 11 is 0. The molecule has 1 rings (SSSR count). The number of nitrogens with two attached hydrogens (primary N) is 1. The number of nitrogens with zero attached hydrogens (tertiary/aromatic N) is 3. The van der Waals surface area contributed by atoms with E-state index in [2.05, 4.69) is 9.97 Å². The molecule has 13 heavy (non-hydrogen) atoms. The van der Waals surface area contributed by atoms with Gasteiger partial charge in [-0.05, 0) is 0 Å². The summed E-state index contributed by atoms with van der Waals surface area (Å²) in [6.07, 6.45) is 1.46. The summed E-state index contributed by atoms with van der Waals surface area (Å²) in [5.41, 5.74) is 6.45. The summed E-state index contributed by atoms with van der Waals surface area (Å²) in [5.74, 6) is 0.212. The molecule has 0 aliphatic rings. The Hall–Kier alpha value is -1.63. The molecule has 1 aromatic rings. The first-order valence-electron chi connectivity index (χ1n) is 3.98. The van der Waals surface area contributed by atoms with Gasteiger partial charge in [0.1, 0.15) is 6.07 Å². The van der Waals surface area contributed by atoms with E-state index in [9.17, 15) is 0 Å². The minimum atomic E-state index is -0.178. The van der Waals surface area contributed by atoms with Crippen molar-refractivity contribution in [1.29, 1.82) is 5.26 Å². The first-order chi connectivity index (χ1) is 5.95. The van der Waals surface area contributed by atoms with Crippen molar-refractivity contribution in [2.24, 2.45) is 0 Å². The fourth-order valence-electron chi connectivity index (χ4n) is 1.05. The molecule has 4 heteroatoms. The van der Waals surface area contributed by atoms with Gasteiger partial charge in [0.25, 0.3) is 0 Å². The Labute approximate surface area is 77.4 Å². The van der Waals surface area contributed by atoms with Crippen LogP contribution >= 0.6 is 0 Å². The van der Waals surface area contributed by atoms with Gasteiger partial charge in [0, 0.05) is 5.41 Å². The molecule has 0 fully saturated rings. The SMILES string of the molecule is CC(C)(C)c1nc(N)ncc1C#N. The predicted molar refractivity (Wildman–Crippen MR) is 49.9 cm³/mol. The molecule has 68 valence electrons. The lowest BCUT2D eigenvalue weighted by Gasteiger charge is -2.18. The normalized spacial score (nSPS) is 10.9. The first-order valence-corrected chi connectivity index (χ1v) is 3.98. The summed E-state index contributed by atoms with van der Waals surface area (Å²) in [4.78, 5) is 7.83. The molecular weight excluding hydrogens is 164 g/mol. The van der Waals surface area contributed by atoms with E-state index < -0.39 is 0 Å². The number of aromatic nitrogens is 2. The van der Waals surface area contributed by atoms with E-state index in [1.54, 1.807) is 0 Å². The molecule has 0 radical (unpaired) electrons. The topological polar surface area (TPSA) is 75.6 Å². The van der Waals surface area contributed by atoms with Crippen LogP contribution in [0.5, 0.6) is 0 Å². The maximum Gasteiger partial charge on any atom is 0.220 e. The van der Waals surface area contributed by atoms with E-state index in [-0.39, 0.29) is 11.4 Å². The van der Waals surface area contributed by atoms with Crippen molar-refractivity contribution in [2.75, 3.05) is 5.73 Å². The zero-order valence-electron chi connectivity index (χ0n) is 8.00. The van der Waals surface area contributed by atoms with Gasteiger partial charge in [0.2, 0.25) is 5.95 Å². The smallest absolute Gasteiger partial charge is 0.220 e. The molecule has 0 aliphatic heterocycles. The minimum absolute atomic E-state index is 0.178. The molecule has 2 N–H and O–H groups in total. The van der Waals surface area contributed by atoms with Gasteiger partial charge in [-0.15, -0.1) is 0 Å². The van der Waals surface area contributed by atoms with E-state index in [4.69, 9.17) is 11.0 Å². The first kappa shape index (κ1) is 9.46. The van der Waals surface area contributed by atoms with E-state index >= 15 is 0 Å². The highest BCUT2D eigenvalue weighted by molar-refractivity contribution is 5.38. The van der Waals surface area contributed by atoms with E-state index in [1.165, 1.54) is 6.20 Å². The third-order valence-electron chi connectivity index (χ3n) is 1.64. The lowest BCUT2D eigenvalue weighted by Crippen LogP contribution is -2.17. The van der Waals surface area contributed by atoms with Gasteiger partial charge in [0.15, 0.2) is 0 Å². The zero-order chi connectivity index (χ0) is 10.1. The number of anilines is 1. The molecule has 0 saturated carbocycles. The molecular formula is C9H12N4. The maximum absolute atomic E-state index is 8.80. The third kappa shape index (κ3) is 1.94. The van der Waals surface area contributed by atoms with E-state index in [1.807, 2.05) is 26.8 Å². The van der Waals surface area contributed by atoms with Crippen molar-refractivity contribution in [3.63, 3.8) is 0 Å². The Morgan fingerprint density at radius 2 is 2.08 bits per heavy atom. The molecule has 0 bridgehead atoms. The molecule has 0 spiro atoms. The van der Waals surface area contributed by atoms with E-state index in [0.29, 0.717) is 11.3 Å². The average molecular weight is 176 g/mol. The molecule has 0 aromatic carbocycles. The fraction of sp³-hybridized carbons (Fsp3) is 0.444. The Morgan fingerprint density at radius 3 is 2.54 bits per heavy atom. The highest BCUT2D eigenvalue weighted by atomic mass is 15.0. The summed E-state index contributed by atoms with van der Waals surface area (Å²) in [6, 6.07) is 2.05. The molecule has 4 nitrogen and oxygen atoms in total. The number of hydrogen-bond donors (Lipinski definition) is 1. The number of nitriles is 1. The van der Waals surface area contributed by atoms with E-state index in [0.717, 1.165) is 0 Å². The van der Waals surface area contributed by atoms with Crippen molar-refractivity contribution >= 4 is 5.95 Å². The van der Waals surface area contributed by atoms with Crippen LogP contribution in [-0.2, 0) is 5.41 Å². The second kappa shape index (κ2) is 3.02. The van der Waals surface area contributed by atoms with Gasteiger partial charge < -0.3 is 5.73 Å². The van der Waals surface area contributed by atoms with Crippen molar-refractivity contribution in [1.82, 2.24) is 9.97 Å². The van der Waals surface area contributed by atoms with Gasteiger partial charge >= 0.3 is 0 Å². The molecule has 1 heterocycles. The van der Waals surface area contributed by atoms with Crippen LogP contribution in [0, 0.1) is 11.3 Å². The van der Waals surface area contributed by atoms with Gasteiger partial charge in [0.05, 0.1) is 17.5 Å². The summed E-state index contributed by atoms with van der Waals surface area (Å²) in [5, 5.41) is 8.80. The monoisotopic (exact) mass is 176 g/mol. The van der Waals surface area contributed by atoms with Gasteiger partial charge in [-0.2, -0.15) is 5.26 Å². The van der Waals surface area contributed by atoms with Crippen LogP contribution in [0.4, 0.5) is 5.95 Å². The number of rotatable bonds is 0. The zero-order valence-corrected chi connectivity index (χ0v) is 8.00. The van der Waals surface area contributed by atoms with Crippen LogP contribution in [0.2, 0.25) is 0 Å². The van der Waals surface area contributed by atoms with Crippen molar-refractivity contribution < 1.29 is 0 Å². The Balaban J connectivity index is 3.35. The Bertz CT molecular complexity index is 357. The molecule has 0 unspecified atom stereocenters. The summed E-state index contributed by atoms with van der Waals surface area (Å²) in [7, 11) is 0. The second-order valence-corrected chi connectivity index (χ2v) is 3.85. The van der Waals surface area contributed by atoms with Crippen molar-refractivity contribution in [3.8, 4) is 6.07 Å². The van der Waals surface area contributed by atoms with Gasteiger partial charge in [-0.1, -0.05) is 20.8 Å². The maximum atomic E-state index is 8.80. The molecule has 0 aliphatic carbocycles. The van der Waals surface area contributed by atoms with Crippen LogP contribution in [0.25, 0.3) is 0 Å². The van der Waals surface area contributed by atoms with Crippen LogP contribution in [0.1, 0.15) is 32.0 Å². The lowest BCUT2D eigenvalue weighted by molar-refractivity contribution is 0.566. The lowest BCUT2D eigenvalue weighted by atomic mass is 9.89. The molecule has 0 atom stereocenters. The second-order valence-electron chi connectivity index (χ2n) is 3.85. The highest BCUT2D eigenvalue weighted by Gasteiger charge is 2.20. The Morgan fingerprint density at radius 1 is 1.46 bits per heavy atom. The Kier molecular flexibility index (Phi) is 2.20. The quantitative estimate of drug-likeness (QED) is 0.645. The number of nitrogen functional groups attached to an aromatic ring is 1. The highest BCUT2D eigenvalue weighted by Crippen LogP contribution is 2.23. The van der Waals surface area contributed by atoms with Crippen molar-refractivity contribution in [2.45, 2.75) is 26.2 Å². The molecule has 1 aromatic heterocycles. The summed E-state index contributed by atoms with van der Waals surface area (Å²) in [6.45, 7) is 5.95. The van der Waals surface area contributed by atoms with Crippen LogP contribution < -0.4 is 5.73 Å². The average Bonchev–Trinajstić information content (AvgIpc) is 2.03. The van der Waals surface area contributed by atoms with Gasteiger partial charge in [-0.25, -0.2) is 9.97 Å². The van der Waals surface area contributed by atoms with Crippen LogP contribution in [-0.4, -0.2) is 9.97 Å². The molecule has 0 amide bonds. The standard InChI is InChI=1S/C9H12N4/c1-9(2,3)7-6(4-10)5-12-8(11)13-7/h5H,1-3H3,(H2,11,12,13). The predicted octanol–water partition coefficient (Wildman–Crippen LogP) is 1.23. The summed E-state index contributed by atoms with van der Waals surface area (Å²) < 4.78 is 0. The largest absolute Gasteiger partial charge is 0.368 e.